The van der Waals surface area contributed by atoms with Gasteiger partial charge in [-0.3, -0.25) is 27.4 Å². The Hall–Kier alpha value is 0.194. The Kier molecular flexibility index (Phi) is 6.85. The topological polar surface area (TPSA) is 19.4 Å². The van der Waals surface area contributed by atoms with Crippen molar-refractivity contribution in [2.45, 2.75) is 77.0 Å². The van der Waals surface area contributed by atoms with Crippen LogP contribution in [0.25, 0.3) is 0 Å². The monoisotopic (exact) mass is 476 g/mol. The van der Waals surface area contributed by atoms with Crippen molar-refractivity contribution in [3.63, 3.8) is 0 Å². The van der Waals surface area contributed by atoms with E-state index in [1.54, 1.807) is 0 Å². The lowest BCUT2D eigenvalue weighted by Gasteiger charge is -2.65. The van der Waals surface area contributed by atoms with Gasteiger partial charge in [0, 0.05) is 0 Å². The Morgan fingerprint density at radius 3 is 0.469 bits per heavy atom. The number of hydrogen-bond acceptors (Lipinski definition) is 6. The summed E-state index contributed by atoms with van der Waals surface area (Å²) in [5, 5.41) is 0. The van der Waals surface area contributed by atoms with Crippen molar-refractivity contribution in [3.05, 3.63) is 0 Å². The average Bonchev–Trinajstić information content (AvgIpc) is 3.67. The molecule has 0 bridgehead atoms. The van der Waals surface area contributed by atoms with E-state index in [4.69, 9.17) is 0 Å². The fraction of sp³-hybridized carbons (Fsp3) is 1.00. The van der Waals surface area contributed by atoms with Gasteiger partial charge in [0.15, 0.2) is 0 Å². The second-order valence-electron chi connectivity index (χ2n) is 11.4. The van der Waals surface area contributed by atoms with Crippen molar-refractivity contribution >= 4 is 16.2 Å². The van der Waals surface area contributed by atoms with Crippen molar-refractivity contribution in [1.82, 2.24) is 27.4 Å². The molecule has 0 spiro atoms. The van der Waals surface area contributed by atoms with Gasteiger partial charge < -0.3 is 0 Å². The van der Waals surface area contributed by atoms with E-state index in [0.29, 0.717) is 0 Å². The van der Waals surface area contributed by atoms with Crippen LogP contribution >= 0.6 is 0 Å². The summed E-state index contributed by atoms with van der Waals surface area (Å²) < 4.78 is 19.4. The molecule has 6 saturated heterocycles. The van der Waals surface area contributed by atoms with Crippen LogP contribution in [0.3, 0.4) is 0 Å². The van der Waals surface area contributed by atoms with Crippen molar-refractivity contribution < 1.29 is 0 Å². The van der Waals surface area contributed by atoms with Crippen molar-refractivity contribution in [3.8, 4) is 0 Å². The molecule has 0 aromatic carbocycles. The number of hydrogen-bond donors (Lipinski definition) is 0. The highest BCUT2D eigenvalue weighted by Crippen LogP contribution is 2.45. The van der Waals surface area contributed by atoms with Crippen LogP contribution in [0.1, 0.15) is 77.0 Å². The number of rotatable bonds is 7. The van der Waals surface area contributed by atoms with E-state index in [2.05, 4.69) is 27.4 Å². The van der Waals surface area contributed by atoms with Crippen LogP contribution < -0.4 is 0 Å². The lowest BCUT2D eigenvalue weighted by Crippen LogP contribution is -2.98. The minimum Gasteiger partial charge on any atom is -0.299 e. The standard InChI is InChI=1S/C24H48N6Si2/c1-2-14-25(13-1)31(26-15-3-4-16-26,27-17-5-6-18-27)32(28-19-7-8-20-28,29-21-9-10-22-29)30-23-11-12-24-30/h1-24H2. The smallest absolute Gasteiger partial charge is 0.299 e. The highest BCUT2D eigenvalue weighted by molar-refractivity contribution is 7.35. The predicted octanol–water partition coefficient (Wildman–Crippen LogP) is 2.52. The molecule has 6 aliphatic heterocycles. The first-order valence-electron chi connectivity index (χ1n) is 14.4. The summed E-state index contributed by atoms with van der Waals surface area (Å²) in [5.74, 6) is 0. The molecular formula is C24H48N6Si2. The zero-order valence-electron chi connectivity index (χ0n) is 20.7. The van der Waals surface area contributed by atoms with Crippen LogP contribution in [0.4, 0.5) is 0 Å². The van der Waals surface area contributed by atoms with Crippen LogP contribution in [-0.4, -0.2) is 122 Å². The fourth-order valence-corrected chi connectivity index (χ4v) is 30.9. The summed E-state index contributed by atoms with van der Waals surface area (Å²) in [7, 11) is -4.11. The van der Waals surface area contributed by atoms with E-state index in [1.165, 1.54) is 156 Å². The molecule has 32 heavy (non-hydrogen) atoms. The molecule has 0 N–H and O–H groups in total. The molecule has 8 heteroatoms. The SMILES string of the molecule is C1CCN([Si](N2CCCC2)(N2CCCC2)[Si](N2CCCC2)(N2CCCC2)N2CCCC2)C1. The Morgan fingerprint density at radius 1 is 0.219 bits per heavy atom. The predicted molar refractivity (Wildman–Crippen MR) is 136 cm³/mol. The first kappa shape index (κ1) is 22.6. The highest BCUT2D eigenvalue weighted by atomic mass is 29.3. The van der Waals surface area contributed by atoms with E-state index in [1.807, 2.05) is 0 Å². The van der Waals surface area contributed by atoms with Gasteiger partial charge in [-0.25, -0.2) is 0 Å². The third-order valence-electron chi connectivity index (χ3n) is 9.73. The van der Waals surface area contributed by atoms with Crippen molar-refractivity contribution in [2.75, 3.05) is 78.5 Å². The van der Waals surface area contributed by atoms with Gasteiger partial charge in [0.05, 0.1) is 0 Å². The maximum Gasteiger partial charge on any atom is 0.327 e. The van der Waals surface area contributed by atoms with Crippen LogP contribution in [0.15, 0.2) is 0 Å². The minimum atomic E-state index is -2.05. The molecule has 0 atom stereocenters. The third kappa shape index (κ3) is 3.38. The Morgan fingerprint density at radius 2 is 0.344 bits per heavy atom. The average molecular weight is 477 g/mol. The molecule has 0 unspecified atom stereocenters. The zero-order chi connectivity index (χ0) is 21.4. The molecule has 182 valence electrons. The summed E-state index contributed by atoms with van der Waals surface area (Å²) in [6, 6.07) is 0. The minimum absolute atomic E-state index is 1.39. The molecule has 0 saturated carbocycles. The molecule has 0 radical (unpaired) electrons. The van der Waals surface area contributed by atoms with Crippen molar-refractivity contribution in [1.29, 1.82) is 0 Å². The Bertz CT molecular complexity index is 478. The first-order chi connectivity index (χ1) is 15.9. The van der Waals surface area contributed by atoms with Gasteiger partial charge in [0.25, 0.3) is 0 Å². The molecule has 6 heterocycles. The van der Waals surface area contributed by atoms with Crippen LogP contribution in [-0.2, 0) is 0 Å². The molecule has 0 amide bonds. The van der Waals surface area contributed by atoms with Crippen molar-refractivity contribution in [2.24, 2.45) is 0 Å². The molecule has 6 fully saturated rings. The quantitative estimate of drug-likeness (QED) is 0.522. The maximum absolute atomic E-state index is 3.24. The largest absolute Gasteiger partial charge is 0.327 e. The Balaban J connectivity index is 1.59. The summed E-state index contributed by atoms with van der Waals surface area (Å²) in [6.45, 7) is 16.7. The molecule has 0 aromatic heterocycles. The molecule has 0 aliphatic carbocycles. The lowest BCUT2D eigenvalue weighted by molar-refractivity contribution is 0.259. The second-order valence-corrected chi connectivity index (χ2v) is 21.8. The fourth-order valence-electron chi connectivity index (χ4n) is 8.65. The summed E-state index contributed by atoms with van der Waals surface area (Å²) in [5.41, 5.74) is 0. The highest BCUT2D eigenvalue weighted by Gasteiger charge is 2.76. The van der Waals surface area contributed by atoms with Crippen LogP contribution in [0, 0.1) is 0 Å². The summed E-state index contributed by atoms with van der Waals surface area (Å²) in [4.78, 5) is 0. The molecule has 0 aromatic rings. The zero-order valence-corrected chi connectivity index (χ0v) is 22.7. The molecule has 6 nitrogen and oxygen atoms in total. The van der Waals surface area contributed by atoms with E-state index in [9.17, 15) is 0 Å². The normalized spacial score (nSPS) is 31.1. The van der Waals surface area contributed by atoms with Gasteiger partial charge in [-0.1, -0.05) is 0 Å². The van der Waals surface area contributed by atoms with Crippen LogP contribution in [0.5, 0.6) is 0 Å². The Labute approximate surface area is 199 Å². The number of nitrogens with zero attached hydrogens (tertiary/aromatic N) is 6. The van der Waals surface area contributed by atoms with E-state index < -0.39 is 16.2 Å². The lowest BCUT2D eigenvalue weighted by atomic mass is 10.4. The molecule has 6 aliphatic rings. The van der Waals surface area contributed by atoms with E-state index in [0.717, 1.165) is 0 Å². The van der Waals surface area contributed by atoms with Gasteiger partial charge in [-0.05, 0) is 156 Å². The second kappa shape index (κ2) is 9.68. The molecule has 6 rings (SSSR count). The molecular weight excluding hydrogens is 428 g/mol. The summed E-state index contributed by atoms with van der Waals surface area (Å²) >= 11 is 0. The van der Waals surface area contributed by atoms with Gasteiger partial charge in [-0.2, -0.15) is 0 Å². The maximum atomic E-state index is 3.24. The summed E-state index contributed by atoms with van der Waals surface area (Å²) in [6.07, 6.45) is 17.3. The van der Waals surface area contributed by atoms with Gasteiger partial charge >= 0.3 is 16.2 Å². The third-order valence-corrected chi connectivity index (χ3v) is 27.0. The van der Waals surface area contributed by atoms with Gasteiger partial charge in [-0.15, -0.1) is 0 Å². The van der Waals surface area contributed by atoms with E-state index >= 15 is 0 Å². The van der Waals surface area contributed by atoms with Gasteiger partial charge in [0.1, 0.15) is 0 Å². The van der Waals surface area contributed by atoms with Gasteiger partial charge in [0.2, 0.25) is 0 Å². The van der Waals surface area contributed by atoms with Crippen LogP contribution in [0.2, 0.25) is 0 Å². The first-order valence-corrected chi connectivity index (χ1v) is 19.1. The van der Waals surface area contributed by atoms with E-state index in [-0.39, 0.29) is 0 Å².